The van der Waals surface area contributed by atoms with Crippen molar-refractivity contribution < 1.29 is 0 Å². The van der Waals surface area contributed by atoms with Crippen molar-refractivity contribution in [3.8, 4) is 0 Å². The van der Waals surface area contributed by atoms with E-state index in [1.54, 1.807) is 0 Å². The number of hydrogen-bond acceptors (Lipinski definition) is 2. The molecule has 0 fully saturated rings. The fraction of sp³-hybridized carbons (Fsp3) is 0.357. The summed E-state index contributed by atoms with van der Waals surface area (Å²) in [6, 6.07) is 10.5. The van der Waals surface area contributed by atoms with Crippen LogP contribution in [0.2, 0.25) is 0 Å². The van der Waals surface area contributed by atoms with Crippen LogP contribution in [0, 0.1) is 0 Å². The minimum Gasteiger partial charge on any atom is -0.379 e. The minimum absolute atomic E-state index is 0.714. The second-order valence-corrected chi connectivity index (χ2v) is 4.71. The zero-order valence-electron chi connectivity index (χ0n) is 10.6. The number of anilines is 1. The van der Waals surface area contributed by atoms with Gasteiger partial charge in [0.1, 0.15) is 0 Å². The Morgan fingerprint density at radius 1 is 1.33 bits per heavy atom. The molecule has 0 saturated heterocycles. The van der Waals surface area contributed by atoms with Gasteiger partial charge in [0.2, 0.25) is 0 Å². The molecule has 96 valence electrons. The molecule has 1 aromatic carbocycles. The highest BCUT2D eigenvalue weighted by molar-refractivity contribution is 6.17. The van der Waals surface area contributed by atoms with E-state index in [1.807, 2.05) is 24.0 Å². The molecule has 0 atom stereocenters. The average Bonchev–Trinajstić information content (AvgIpc) is 2.80. The van der Waals surface area contributed by atoms with Crippen LogP contribution >= 0.6 is 11.6 Å². The number of aromatic nitrogens is 2. The van der Waals surface area contributed by atoms with Crippen molar-refractivity contribution in [3.05, 3.63) is 47.8 Å². The highest BCUT2D eigenvalue weighted by atomic mass is 35.5. The Morgan fingerprint density at radius 2 is 2.22 bits per heavy atom. The largest absolute Gasteiger partial charge is 0.379 e. The molecular formula is C14H18ClN3. The summed E-state index contributed by atoms with van der Waals surface area (Å²) in [5.41, 5.74) is 3.50. The molecule has 2 rings (SSSR count). The van der Waals surface area contributed by atoms with Gasteiger partial charge >= 0.3 is 0 Å². The molecule has 0 aliphatic carbocycles. The number of nitrogens with one attached hydrogen (secondary N) is 1. The number of aryl methyl sites for hydroxylation is 2. The molecule has 0 amide bonds. The van der Waals surface area contributed by atoms with Crippen LogP contribution in [0.4, 0.5) is 5.69 Å². The Labute approximate surface area is 113 Å². The van der Waals surface area contributed by atoms with E-state index in [2.05, 4.69) is 34.7 Å². The highest BCUT2D eigenvalue weighted by Crippen LogP contribution is 2.13. The van der Waals surface area contributed by atoms with E-state index in [-0.39, 0.29) is 0 Å². The SMILES string of the molecule is Cn1ccc(CNc2cccc(CCCCl)c2)n1. The van der Waals surface area contributed by atoms with Crippen molar-refractivity contribution >= 4 is 17.3 Å². The summed E-state index contributed by atoms with van der Waals surface area (Å²) in [7, 11) is 1.93. The summed E-state index contributed by atoms with van der Waals surface area (Å²) in [4.78, 5) is 0. The third-order valence-corrected chi connectivity index (χ3v) is 3.04. The van der Waals surface area contributed by atoms with E-state index in [0.717, 1.165) is 30.8 Å². The summed E-state index contributed by atoms with van der Waals surface area (Å²) in [5.74, 6) is 0.714. The maximum atomic E-state index is 5.71. The second kappa shape index (κ2) is 6.45. The van der Waals surface area contributed by atoms with Crippen LogP contribution in [-0.4, -0.2) is 15.7 Å². The van der Waals surface area contributed by atoms with Crippen molar-refractivity contribution in [1.82, 2.24) is 9.78 Å². The quantitative estimate of drug-likeness (QED) is 0.811. The fourth-order valence-corrected chi connectivity index (χ4v) is 1.99. The van der Waals surface area contributed by atoms with E-state index >= 15 is 0 Å². The van der Waals surface area contributed by atoms with Gasteiger partial charge in [-0.2, -0.15) is 5.10 Å². The average molecular weight is 264 g/mol. The molecule has 2 aromatic rings. The summed E-state index contributed by atoms with van der Waals surface area (Å²) in [6.45, 7) is 0.750. The Balaban J connectivity index is 1.92. The van der Waals surface area contributed by atoms with Crippen molar-refractivity contribution in [2.24, 2.45) is 7.05 Å². The Hall–Kier alpha value is -1.48. The van der Waals surface area contributed by atoms with Crippen LogP contribution < -0.4 is 5.32 Å². The number of nitrogens with zero attached hydrogens (tertiary/aromatic N) is 2. The van der Waals surface area contributed by atoms with Crippen molar-refractivity contribution in [2.75, 3.05) is 11.2 Å². The second-order valence-electron chi connectivity index (χ2n) is 4.33. The molecule has 0 bridgehead atoms. The molecule has 1 heterocycles. The normalized spacial score (nSPS) is 10.6. The summed E-state index contributed by atoms with van der Waals surface area (Å²) in [6.07, 6.45) is 4.00. The van der Waals surface area contributed by atoms with Gasteiger partial charge < -0.3 is 5.32 Å². The predicted octanol–water partition coefficient (Wildman–Crippen LogP) is 3.20. The fourth-order valence-electron chi connectivity index (χ4n) is 1.86. The molecule has 0 aliphatic rings. The Morgan fingerprint density at radius 3 is 2.94 bits per heavy atom. The van der Waals surface area contributed by atoms with Gasteiger partial charge in [-0.25, -0.2) is 0 Å². The zero-order valence-corrected chi connectivity index (χ0v) is 11.3. The summed E-state index contributed by atoms with van der Waals surface area (Å²) < 4.78 is 1.81. The van der Waals surface area contributed by atoms with Crippen LogP contribution in [-0.2, 0) is 20.0 Å². The topological polar surface area (TPSA) is 29.9 Å². The van der Waals surface area contributed by atoms with Crippen molar-refractivity contribution in [2.45, 2.75) is 19.4 Å². The number of halogens is 1. The van der Waals surface area contributed by atoms with E-state index in [9.17, 15) is 0 Å². The monoisotopic (exact) mass is 263 g/mol. The first-order valence-electron chi connectivity index (χ1n) is 6.15. The molecular weight excluding hydrogens is 246 g/mol. The van der Waals surface area contributed by atoms with Crippen molar-refractivity contribution in [3.63, 3.8) is 0 Å². The van der Waals surface area contributed by atoms with Gasteiger partial charge in [0.05, 0.1) is 12.2 Å². The number of rotatable bonds is 6. The van der Waals surface area contributed by atoms with Gasteiger partial charge in [-0.3, -0.25) is 4.68 Å². The van der Waals surface area contributed by atoms with Crippen LogP contribution in [0.15, 0.2) is 36.5 Å². The van der Waals surface area contributed by atoms with Crippen LogP contribution in [0.1, 0.15) is 17.7 Å². The molecule has 18 heavy (non-hydrogen) atoms. The molecule has 1 aromatic heterocycles. The van der Waals surface area contributed by atoms with Gasteiger partial charge in [0.25, 0.3) is 0 Å². The molecule has 0 unspecified atom stereocenters. The van der Waals surface area contributed by atoms with Crippen LogP contribution in [0.3, 0.4) is 0 Å². The number of benzene rings is 1. The first kappa shape index (κ1) is 13.0. The van der Waals surface area contributed by atoms with Gasteiger partial charge in [-0.05, 0) is 36.6 Å². The Kier molecular flexibility index (Phi) is 4.65. The molecule has 0 radical (unpaired) electrons. The van der Waals surface area contributed by atoms with E-state index < -0.39 is 0 Å². The first-order valence-corrected chi connectivity index (χ1v) is 6.68. The zero-order chi connectivity index (χ0) is 12.8. The van der Waals surface area contributed by atoms with E-state index in [1.165, 1.54) is 5.56 Å². The molecule has 0 spiro atoms. The van der Waals surface area contributed by atoms with Crippen molar-refractivity contribution in [1.29, 1.82) is 0 Å². The summed E-state index contributed by atoms with van der Waals surface area (Å²) in [5, 5.41) is 7.72. The summed E-state index contributed by atoms with van der Waals surface area (Å²) >= 11 is 5.71. The predicted molar refractivity (Wildman–Crippen MR) is 76.0 cm³/mol. The molecule has 1 N–H and O–H groups in total. The van der Waals surface area contributed by atoms with Gasteiger partial charge in [0, 0.05) is 24.8 Å². The molecule has 0 aliphatic heterocycles. The smallest absolute Gasteiger partial charge is 0.0815 e. The number of hydrogen-bond donors (Lipinski definition) is 1. The maximum absolute atomic E-state index is 5.71. The first-order chi connectivity index (χ1) is 8.78. The highest BCUT2D eigenvalue weighted by Gasteiger charge is 1.99. The maximum Gasteiger partial charge on any atom is 0.0815 e. The third-order valence-electron chi connectivity index (χ3n) is 2.77. The van der Waals surface area contributed by atoms with Gasteiger partial charge in [-0.1, -0.05) is 12.1 Å². The van der Waals surface area contributed by atoms with Crippen LogP contribution in [0.25, 0.3) is 0 Å². The van der Waals surface area contributed by atoms with E-state index in [4.69, 9.17) is 11.6 Å². The van der Waals surface area contributed by atoms with Gasteiger partial charge in [-0.15, -0.1) is 11.6 Å². The Bertz CT molecular complexity index is 493. The lowest BCUT2D eigenvalue weighted by molar-refractivity contribution is 0.747. The minimum atomic E-state index is 0.714. The standard InChI is InChI=1S/C14H18ClN3/c1-18-9-7-14(17-18)11-16-13-6-2-4-12(10-13)5-3-8-15/h2,4,6-7,9-10,16H,3,5,8,11H2,1H3. The lowest BCUT2D eigenvalue weighted by atomic mass is 10.1. The molecule has 3 nitrogen and oxygen atoms in total. The molecule has 4 heteroatoms. The lowest BCUT2D eigenvalue weighted by Crippen LogP contribution is -2.01. The van der Waals surface area contributed by atoms with E-state index in [0.29, 0.717) is 5.88 Å². The van der Waals surface area contributed by atoms with Crippen LogP contribution in [0.5, 0.6) is 0 Å². The molecule has 0 saturated carbocycles. The lowest BCUT2D eigenvalue weighted by Gasteiger charge is -2.06. The third kappa shape index (κ3) is 3.77. The number of alkyl halides is 1. The van der Waals surface area contributed by atoms with Gasteiger partial charge in [0.15, 0.2) is 0 Å².